The molecule has 3 fully saturated rings. The number of aliphatic hydroxyl groups is 1. The number of fused-ring (bicyclic) bond motifs is 5. The van der Waals surface area contributed by atoms with Gasteiger partial charge in [-0.3, -0.25) is 4.79 Å². The summed E-state index contributed by atoms with van der Waals surface area (Å²) in [6, 6.07) is 0. The molecule has 4 aliphatic carbocycles. The number of ketones is 1. The van der Waals surface area contributed by atoms with Crippen molar-refractivity contribution in [2.75, 3.05) is 0 Å². The number of allylic oxidation sites excluding steroid dienone is 4. The van der Waals surface area contributed by atoms with Crippen LogP contribution in [0.2, 0.25) is 0 Å². The van der Waals surface area contributed by atoms with Crippen LogP contribution in [0, 0.1) is 45.3 Å². The third kappa shape index (κ3) is 3.25. The van der Waals surface area contributed by atoms with Gasteiger partial charge in [0.15, 0.2) is 0 Å². The Hall–Kier alpha value is -0.890. The van der Waals surface area contributed by atoms with E-state index in [0.717, 1.165) is 38.5 Å². The molecule has 2 heteroatoms. The summed E-state index contributed by atoms with van der Waals surface area (Å²) in [5.74, 6) is 2.38. The van der Waals surface area contributed by atoms with Crippen LogP contribution in [-0.4, -0.2) is 17.0 Å². The predicted molar refractivity (Wildman–Crippen MR) is 133 cm³/mol. The molecule has 1 N–H and O–H groups in total. The van der Waals surface area contributed by atoms with Gasteiger partial charge in [-0.25, -0.2) is 0 Å². The van der Waals surface area contributed by atoms with Gasteiger partial charge in [0.25, 0.3) is 0 Å². The molecule has 0 saturated heterocycles. The Morgan fingerprint density at radius 2 is 1.88 bits per heavy atom. The minimum absolute atomic E-state index is 0.0738. The highest BCUT2D eigenvalue weighted by atomic mass is 16.3. The van der Waals surface area contributed by atoms with Gasteiger partial charge in [0.05, 0.1) is 6.10 Å². The molecule has 0 aromatic heterocycles. The number of Topliss-reactive ketones (excluding diaryl/α,β-unsaturated/α-hetero) is 1. The fraction of sp³-hybridized carbons (Fsp3) is 0.833. The second kappa shape index (κ2) is 7.82. The van der Waals surface area contributed by atoms with E-state index in [1.54, 1.807) is 5.57 Å². The monoisotopic (exact) mass is 440 g/mol. The van der Waals surface area contributed by atoms with E-state index >= 15 is 0 Å². The normalized spacial score (nSPS) is 45.9. The van der Waals surface area contributed by atoms with Crippen LogP contribution in [0.25, 0.3) is 0 Å². The fourth-order valence-corrected chi connectivity index (χ4v) is 9.44. The summed E-state index contributed by atoms with van der Waals surface area (Å²) in [6.07, 6.45) is 13.1. The highest BCUT2D eigenvalue weighted by molar-refractivity contribution is 5.85. The Morgan fingerprint density at radius 1 is 1.19 bits per heavy atom. The number of carbonyl (C=O) groups is 1. The second-order valence-electron chi connectivity index (χ2n) is 13.6. The minimum Gasteiger partial charge on any atom is -0.393 e. The number of hydrogen-bond donors (Lipinski definition) is 1. The van der Waals surface area contributed by atoms with Crippen molar-refractivity contribution < 1.29 is 9.90 Å². The number of hydrogen-bond acceptors (Lipinski definition) is 2. The smallest absolute Gasteiger partial charge is 0.138 e. The average Bonchev–Trinajstić information content (AvgIpc) is 2.90. The van der Waals surface area contributed by atoms with E-state index in [0.29, 0.717) is 29.5 Å². The lowest BCUT2D eigenvalue weighted by Gasteiger charge is -2.63. The molecule has 3 saturated carbocycles. The van der Waals surface area contributed by atoms with Crippen molar-refractivity contribution in [2.24, 2.45) is 45.3 Å². The van der Waals surface area contributed by atoms with Crippen molar-refractivity contribution in [1.82, 2.24) is 0 Å². The van der Waals surface area contributed by atoms with Crippen LogP contribution in [0.3, 0.4) is 0 Å². The molecular weight excluding hydrogens is 392 g/mol. The molecule has 180 valence electrons. The fourth-order valence-electron chi connectivity index (χ4n) is 9.44. The maximum Gasteiger partial charge on any atom is 0.138 e. The lowest BCUT2D eigenvalue weighted by atomic mass is 9.41. The summed E-state index contributed by atoms with van der Waals surface area (Å²) in [4.78, 5) is 12.8. The molecule has 0 aromatic carbocycles. The van der Waals surface area contributed by atoms with E-state index in [-0.39, 0.29) is 27.8 Å². The zero-order valence-electron chi connectivity index (χ0n) is 22.1. The zero-order valence-corrected chi connectivity index (χ0v) is 22.1. The zero-order chi connectivity index (χ0) is 23.7. The third-order valence-electron chi connectivity index (χ3n) is 11.4. The molecule has 4 aliphatic rings. The Balaban J connectivity index is 1.67. The van der Waals surface area contributed by atoms with Gasteiger partial charge >= 0.3 is 0 Å². The maximum absolute atomic E-state index is 12.8. The first-order chi connectivity index (χ1) is 14.8. The standard InChI is InChI=1S/C30H48O2/c1-19(2)10-9-11-20(3)26-23(31)18-30(8)22-12-13-24-27(4,5)25(32)15-16-28(24,6)21(22)14-17-29(26,30)7/h10,12,20-21,23-24,26,31H,9,11,13-18H2,1-8H3/t20-,21+,23-,24+,26+,28-,29-,30+/m0/s1. The SMILES string of the molecule is CC(C)=CCC[C@H](C)[C@@H]1[C@@H](O)C[C@]2(C)C3=CC[C@@H]4C(C)(C)C(=O)CC[C@@]4(C)[C@@H]3CC[C@@]12C. The number of aliphatic hydroxyl groups excluding tert-OH is 1. The quantitative estimate of drug-likeness (QED) is 0.459. The third-order valence-corrected chi connectivity index (χ3v) is 11.4. The van der Waals surface area contributed by atoms with Gasteiger partial charge < -0.3 is 5.11 Å². The van der Waals surface area contributed by atoms with Gasteiger partial charge in [-0.1, -0.05) is 64.8 Å². The van der Waals surface area contributed by atoms with Gasteiger partial charge in [-0.15, -0.1) is 0 Å². The number of rotatable bonds is 4. The Morgan fingerprint density at radius 3 is 2.53 bits per heavy atom. The van der Waals surface area contributed by atoms with Crippen LogP contribution in [0.1, 0.15) is 107 Å². The van der Waals surface area contributed by atoms with Crippen molar-refractivity contribution in [2.45, 2.75) is 113 Å². The molecule has 0 heterocycles. The molecule has 0 aromatic rings. The van der Waals surface area contributed by atoms with Crippen LogP contribution in [0.4, 0.5) is 0 Å². The minimum atomic E-state index is -0.214. The van der Waals surface area contributed by atoms with Gasteiger partial charge in [-0.2, -0.15) is 0 Å². The lowest BCUT2D eigenvalue weighted by molar-refractivity contribution is -0.146. The van der Waals surface area contributed by atoms with E-state index in [9.17, 15) is 9.90 Å². The van der Waals surface area contributed by atoms with E-state index in [4.69, 9.17) is 0 Å². The Kier molecular flexibility index (Phi) is 5.93. The van der Waals surface area contributed by atoms with Crippen LogP contribution in [0.5, 0.6) is 0 Å². The van der Waals surface area contributed by atoms with Crippen LogP contribution in [0.15, 0.2) is 23.3 Å². The van der Waals surface area contributed by atoms with Gasteiger partial charge in [-0.05, 0) is 98.7 Å². The summed E-state index contributed by atoms with van der Waals surface area (Å²) < 4.78 is 0. The van der Waals surface area contributed by atoms with E-state index < -0.39 is 0 Å². The largest absolute Gasteiger partial charge is 0.393 e. The average molecular weight is 441 g/mol. The van der Waals surface area contributed by atoms with Gasteiger partial charge in [0.2, 0.25) is 0 Å². The Bertz CT molecular complexity index is 830. The summed E-state index contributed by atoms with van der Waals surface area (Å²) in [5, 5.41) is 11.4. The molecule has 32 heavy (non-hydrogen) atoms. The Labute approximate surface area is 197 Å². The topological polar surface area (TPSA) is 37.3 Å². The van der Waals surface area contributed by atoms with Crippen molar-refractivity contribution in [3.63, 3.8) is 0 Å². The highest BCUT2D eigenvalue weighted by Gasteiger charge is 2.67. The van der Waals surface area contributed by atoms with Gasteiger partial charge in [0, 0.05) is 11.8 Å². The molecule has 8 atom stereocenters. The van der Waals surface area contributed by atoms with Crippen molar-refractivity contribution in [3.05, 3.63) is 23.3 Å². The van der Waals surface area contributed by atoms with Crippen LogP contribution < -0.4 is 0 Å². The molecule has 0 aliphatic heterocycles. The molecule has 4 rings (SSSR count). The molecular formula is C30H48O2. The van der Waals surface area contributed by atoms with Crippen molar-refractivity contribution in [3.8, 4) is 0 Å². The van der Waals surface area contributed by atoms with Crippen molar-refractivity contribution >= 4 is 5.78 Å². The summed E-state index contributed by atoms with van der Waals surface area (Å²) in [6.45, 7) is 18.6. The van der Waals surface area contributed by atoms with Crippen LogP contribution in [-0.2, 0) is 4.79 Å². The lowest BCUT2D eigenvalue weighted by Crippen LogP contribution is -2.57. The summed E-state index contributed by atoms with van der Waals surface area (Å²) in [7, 11) is 0. The first-order valence-corrected chi connectivity index (χ1v) is 13.3. The molecule has 0 radical (unpaired) electrons. The van der Waals surface area contributed by atoms with Crippen LogP contribution >= 0.6 is 0 Å². The van der Waals surface area contributed by atoms with Crippen molar-refractivity contribution in [1.29, 1.82) is 0 Å². The summed E-state index contributed by atoms with van der Waals surface area (Å²) in [5.41, 5.74) is 3.27. The van der Waals surface area contributed by atoms with E-state index in [1.165, 1.54) is 18.4 Å². The van der Waals surface area contributed by atoms with Gasteiger partial charge in [0.1, 0.15) is 5.78 Å². The van der Waals surface area contributed by atoms with E-state index in [2.05, 4.69) is 67.5 Å². The van der Waals surface area contributed by atoms with E-state index in [1.807, 2.05) is 0 Å². The first-order valence-electron chi connectivity index (χ1n) is 13.3. The molecule has 0 amide bonds. The molecule has 0 bridgehead atoms. The maximum atomic E-state index is 12.8. The molecule has 2 nitrogen and oxygen atoms in total. The first kappa shape index (κ1) is 24.2. The summed E-state index contributed by atoms with van der Waals surface area (Å²) >= 11 is 0. The highest BCUT2D eigenvalue weighted by Crippen LogP contribution is 2.73. The predicted octanol–water partition coefficient (Wildman–Crippen LogP) is 7.51. The molecule has 0 unspecified atom stereocenters. The second-order valence-corrected chi connectivity index (χ2v) is 13.6. The number of carbonyl (C=O) groups excluding carboxylic acids is 1. The molecule has 0 spiro atoms.